The number of alkyl halides is 7. The molecule has 0 saturated heterocycles. The Hall–Kier alpha value is -4.36. The Balaban J connectivity index is 2.19. The number of halogens is 8. The molecule has 3 aromatic rings. The molecule has 2 amide bonds. The van der Waals surface area contributed by atoms with Gasteiger partial charge < -0.3 is 20.1 Å². The van der Waals surface area contributed by atoms with Crippen LogP contribution in [-0.4, -0.2) is 37.3 Å². The Bertz CT molecular complexity index is 1450. The monoisotopic (exact) mass is 660 g/mol. The van der Waals surface area contributed by atoms with E-state index in [1.54, 1.807) is 35.6 Å². The topological polar surface area (TPSA) is 76.7 Å². The average Bonchev–Trinajstić information content (AvgIpc) is 2.97. The highest BCUT2D eigenvalue weighted by atomic mass is 19.4. The molecule has 1 atom stereocenters. The van der Waals surface area contributed by atoms with Gasteiger partial charge in [0.1, 0.15) is 23.9 Å². The molecular formula is C32H32F8N2O4. The van der Waals surface area contributed by atoms with Crippen LogP contribution >= 0.6 is 0 Å². The van der Waals surface area contributed by atoms with E-state index in [2.05, 4.69) is 10.1 Å². The number of esters is 1. The Morgan fingerprint density at radius 2 is 1.52 bits per heavy atom. The summed E-state index contributed by atoms with van der Waals surface area (Å²) >= 11 is 0. The van der Waals surface area contributed by atoms with Gasteiger partial charge in [0, 0.05) is 18.9 Å². The lowest BCUT2D eigenvalue weighted by molar-refractivity contribution is -0.253. The number of ether oxygens (including phenoxy) is 2. The minimum Gasteiger partial charge on any atom is -0.428 e. The number of rotatable bonds is 15. The van der Waals surface area contributed by atoms with E-state index >= 15 is 0 Å². The van der Waals surface area contributed by atoms with E-state index in [1.807, 2.05) is 6.92 Å². The zero-order chi connectivity index (χ0) is 34.0. The van der Waals surface area contributed by atoms with Crippen LogP contribution < -0.4 is 20.1 Å². The second-order valence-corrected chi connectivity index (χ2v) is 10.4. The van der Waals surface area contributed by atoms with E-state index in [-0.39, 0.29) is 29.7 Å². The third kappa shape index (κ3) is 10.6. The maximum atomic E-state index is 15.0. The maximum absolute atomic E-state index is 15.0. The standard InChI is InChI=1S/C32H32F8N2O4/c1-2-3-4-8-14-27(43)45-25-13-9-12-22(16-25)30(19-21-10-6-5-7-11-21,42-29(44)41-20-31(36,37)38)23-15-24(33)18-26(17-23)46-32(39,40)28(34)35/h5-7,9-13,15-18,28H,2-4,8,14,19-20H2,1H3,(H2,41,42,44). The molecule has 0 heterocycles. The predicted octanol–water partition coefficient (Wildman–Crippen LogP) is 8.29. The molecule has 0 saturated carbocycles. The van der Waals surface area contributed by atoms with Crippen molar-refractivity contribution in [1.82, 2.24) is 10.6 Å². The van der Waals surface area contributed by atoms with Crippen molar-refractivity contribution in [1.29, 1.82) is 0 Å². The normalized spacial score (nSPS) is 13.2. The van der Waals surface area contributed by atoms with Crippen molar-refractivity contribution in [2.75, 3.05) is 6.54 Å². The minimum atomic E-state index is -5.03. The first-order valence-corrected chi connectivity index (χ1v) is 14.3. The number of unbranched alkanes of at least 4 members (excludes halogenated alkanes) is 3. The number of nitrogens with one attached hydrogen (secondary N) is 2. The molecule has 0 aliphatic carbocycles. The quantitative estimate of drug-likeness (QED) is 0.0745. The van der Waals surface area contributed by atoms with Crippen molar-refractivity contribution in [3.63, 3.8) is 0 Å². The smallest absolute Gasteiger partial charge is 0.428 e. The second kappa shape index (κ2) is 15.8. The lowest BCUT2D eigenvalue weighted by Crippen LogP contribution is -2.53. The van der Waals surface area contributed by atoms with Crippen molar-refractivity contribution in [2.24, 2.45) is 0 Å². The van der Waals surface area contributed by atoms with Crippen molar-refractivity contribution >= 4 is 12.0 Å². The zero-order valence-corrected chi connectivity index (χ0v) is 24.6. The van der Waals surface area contributed by atoms with Gasteiger partial charge >= 0.3 is 30.7 Å². The summed E-state index contributed by atoms with van der Waals surface area (Å²) in [5.41, 5.74) is -1.98. The van der Waals surface area contributed by atoms with Gasteiger partial charge in [-0.3, -0.25) is 4.79 Å². The SMILES string of the molecule is CCCCCCC(=O)Oc1cccc(C(Cc2ccccc2)(NC(=O)NCC(F)(F)F)c2cc(F)cc(OC(F)(F)C(F)F)c2)c1. The Kier molecular flexibility index (Phi) is 12.4. The number of hydrogen-bond acceptors (Lipinski definition) is 4. The zero-order valence-electron chi connectivity index (χ0n) is 24.6. The van der Waals surface area contributed by atoms with Crippen molar-refractivity contribution < 1.29 is 54.2 Å². The van der Waals surface area contributed by atoms with E-state index in [4.69, 9.17) is 4.74 Å². The van der Waals surface area contributed by atoms with Crippen LogP contribution in [0.4, 0.5) is 39.9 Å². The van der Waals surface area contributed by atoms with E-state index in [0.717, 1.165) is 31.4 Å². The summed E-state index contributed by atoms with van der Waals surface area (Å²) in [4.78, 5) is 25.5. The third-order valence-electron chi connectivity index (χ3n) is 6.75. The summed E-state index contributed by atoms with van der Waals surface area (Å²) in [6, 6.07) is 14.0. The molecule has 0 aromatic heterocycles. The molecular weight excluding hydrogens is 628 g/mol. The van der Waals surface area contributed by atoms with Crippen LogP contribution in [0.3, 0.4) is 0 Å². The summed E-state index contributed by atoms with van der Waals surface area (Å²) in [6.07, 6.45) is -11.2. The number of benzene rings is 3. The fraction of sp³-hybridized carbons (Fsp3) is 0.375. The lowest BCUT2D eigenvalue weighted by Gasteiger charge is -2.37. The molecule has 3 aromatic carbocycles. The summed E-state index contributed by atoms with van der Waals surface area (Å²) in [5.74, 6) is -2.93. The molecule has 250 valence electrons. The van der Waals surface area contributed by atoms with Crippen LogP contribution in [-0.2, 0) is 16.8 Å². The highest BCUT2D eigenvalue weighted by Crippen LogP contribution is 2.39. The molecule has 0 bridgehead atoms. The number of carbonyl (C=O) groups is 2. The molecule has 46 heavy (non-hydrogen) atoms. The van der Waals surface area contributed by atoms with Crippen LogP contribution in [0.15, 0.2) is 72.8 Å². The van der Waals surface area contributed by atoms with Crippen LogP contribution in [0.5, 0.6) is 11.5 Å². The number of urea groups is 1. The highest BCUT2D eigenvalue weighted by molar-refractivity contribution is 5.76. The van der Waals surface area contributed by atoms with Gasteiger partial charge in [0.2, 0.25) is 0 Å². The van der Waals surface area contributed by atoms with E-state index in [9.17, 15) is 44.7 Å². The van der Waals surface area contributed by atoms with Gasteiger partial charge in [-0.2, -0.15) is 30.7 Å². The van der Waals surface area contributed by atoms with Gasteiger partial charge in [-0.05, 0) is 47.4 Å². The van der Waals surface area contributed by atoms with E-state index < -0.39 is 54.4 Å². The molecule has 6 nitrogen and oxygen atoms in total. The van der Waals surface area contributed by atoms with E-state index in [1.165, 1.54) is 24.3 Å². The third-order valence-corrected chi connectivity index (χ3v) is 6.75. The van der Waals surface area contributed by atoms with Crippen molar-refractivity contribution in [3.8, 4) is 11.5 Å². The van der Waals surface area contributed by atoms with Crippen LogP contribution in [0.25, 0.3) is 0 Å². The van der Waals surface area contributed by atoms with Gasteiger partial charge in [-0.1, -0.05) is 68.7 Å². The predicted molar refractivity (Wildman–Crippen MR) is 152 cm³/mol. The number of hydrogen-bond donors (Lipinski definition) is 2. The Labute approximate surface area is 260 Å². The molecule has 1 unspecified atom stereocenters. The average molecular weight is 661 g/mol. The maximum Gasteiger partial charge on any atom is 0.461 e. The highest BCUT2D eigenvalue weighted by Gasteiger charge is 2.45. The van der Waals surface area contributed by atoms with Crippen LogP contribution in [0.1, 0.15) is 55.7 Å². The van der Waals surface area contributed by atoms with Crippen molar-refractivity contribution in [3.05, 3.63) is 95.3 Å². The fourth-order valence-corrected chi connectivity index (χ4v) is 4.65. The van der Waals surface area contributed by atoms with Crippen molar-refractivity contribution in [2.45, 2.75) is 69.7 Å². The van der Waals surface area contributed by atoms with Gasteiger partial charge in [-0.25, -0.2) is 9.18 Å². The Morgan fingerprint density at radius 3 is 2.17 bits per heavy atom. The van der Waals surface area contributed by atoms with Crippen LogP contribution in [0.2, 0.25) is 0 Å². The fourth-order valence-electron chi connectivity index (χ4n) is 4.65. The molecule has 0 radical (unpaired) electrons. The molecule has 0 aliphatic rings. The lowest BCUT2D eigenvalue weighted by atomic mass is 9.77. The molecule has 14 heteroatoms. The van der Waals surface area contributed by atoms with Crippen LogP contribution in [0, 0.1) is 5.82 Å². The van der Waals surface area contributed by atoms with Gasteiger partial charge in [0.05, 0.1) is 5.54 Å². The van der Waals surface area contributed by atoms with Gasteiger partial charge in [0.25, 0.3) is 0 Å². The number of amides is 2. The molecule has 3 rings (SSSR count). The first-order chi connectivity index (χ1) is 21.6. The van der Waals surface area contributed by atoms with E-state index in [0.29, 0.717) is 18.1 Å². The minimum absolute atomic E-state index is 0.0203. The molecule has 2 N–H and O–H groups in total. The number of carbonyl (C=O) groups excluding carboxylic acids is 2. The first-order valence-electron chi connectivity index (χ1n) is 14.3. The molecule has 0 aliphatic heterocycles. The Morgan fingerprint density at radius 1 is 0.826 bits per heavy atom. The largest absolute Gasteiger partial charge is 0.461 e. The molecule has 0 fully saturated rings. The summed E-state index contributed by atoms with van der Waals surface area (Å²) in [7, 11) is 0. The second-order valence-electron chi connectivity index (χ2n) is 10.4. The summed E-state index contributed by atoms with van der Waals surface area (Å²) < 4.78 is 117. The summed E-state index contributed by atoms with van der Waals surface area (Å²) in [5, 5.41) is 4.07. The van der Waals surface area contributed by atoms with Gasteiger partial charge in [-0.15, -0.1) is 0 Å². The summed E-state index contributed by atoms with van der Waals surface area (Å²) in [6.45, 7) is 0.245. The van der Waals surface area contributed by atoms with Gasteiger partial charge in [0.15, 0.2) is 0 Å². The molecule has 0 spiro atoms. The first kappa shape index (κ1) is 36.1.